The van der Waals surface area contributed by atoms with Gasteiger partial charge in [-0.15, -0.1) is 0 Å². The van der Waals surface area contributed by atoms with E-state index in [4.69, 9.17) is 0 Å². The number of benzene rings is 1. The largest absolute Gasteiger partial charge is 0.335 e. The number of aryl methyl sites for hydroxylation is 1. The first kappa shape index (κ1) is 18.5. The van der Waals surface area contributed by atoms with Gasteiger partial charge in [0.2, 0.25) is 0 Å². The number of fused-ring (bicyclic) bond motifs is 1. The molecule has 0 fully saturated rings. The molecule has 2 N–H and O–H groups in total. The number of hydrogen-bond acceptors (Lipinski definition) is 5. The fraction of sp³-hybridized carbons (Fsp3) is 0.150. The average Bonchev–Trinajstić information content (AvgIpc) is 3.15. The molecule has 0 radical (unpaired) electrons. The minimum atomic E-state index is -0.484. The van der Waals surface area contributed by atoms with Gasteiger partial charge in [0.25, 0.3) is 5.56 Å². The predicted octanol–water partition coefficient (Wildman–Crippen LogP) is -0.0826. The van der Waals surface area contributed by atoms with Crippen LogP contribution in [-0.2, 0) is 25.4 Å². The van der Waals surface area contributed by atoms with Gasteiger partial charge in [0, 0.05) is 25.7 Å². The molecule has 9 heteroatoms. The van der Waals surface area contributed by atoms with Crippen LogP contribution < -0.4 is 16.6 Å². The first-order chi connectivity index (χ1) is 14.0. The highest BCUT2D eigenvalue weighted by atomic mass is 16.2. The Morgan fingerprint density at radius 3 is 2.45 bits per heavy atom. The number of nitrogens with zero attached hydrogens (tertiary/aromatic N) is 5. The third kappa shape index (κ3) is 3.39. The molecule has 0 saturated carbocycles. The lowest BCUT2D eigenvalue weighted by Crippen LogP contribution is -2.83. The van der Waals surface area contributed by atoms with Gasteiger partial charge in [0.05, 0.1) is 18.2 Å². The molecule has 4 aromatic rings. The van der Waals surface area contributed by atoms with E-state index < -0.39 is 11.2 Å². The van der Waals surface area contributed by atoms with Crippen molar-refractivity contribution in [1.82, 2.24) is 23.7 Å². The summed E-state index contributed by atoms with van der Waals surface area (Å²) in [4.78, 5) is 45.5. The fourth-order valence-electron chi connectivity index (χ4n) is 3.19. The van der Waals surface area contributed by atoms with Crippen molar-refractivity contribution in [2.75, 3.05) is 0 Å². The van der Waals surface area contributed by atoms with E-state index in [0.29, 0.717) is 5.69 Å². The maximum Gasteiger partial charge on any atom is 0.335 e. The molecular formula is C20H19N6O3+. The Morgan fingerprint density at radius 2 is 1.76 bits per heavy atom. The molecule has 1 aromatic carbocycles. The standard InChI is InChI=1S/C20H18N6O3/c1-24-18-17(19(28)25(2)20(24)29)26(12-22-18)11-16(27)23-14-8-9-15(21-10-14)13-6-4-3-5-7-13/h3-10,12H,11H2,1-2H3,(H,23,27)/p+1. The average molecular weight is 391 g/mol. The van der Waals surface area contributed by atoms with Crippen LogP contribution in [0, 0.1) is 0 Å². The molecule has 0 aliphatic heterocycles. The molecule has 0 spiro atoms. The summed E-state index contributed by atoms with van der Waals surface area (Å²) < 4.78 is 3.75. The molecular weight excluding hydrogens is 372 g/mol. The Labute approximate surface area is 164 Å². The number of nitrogens with two attached hydrogens (primary N) is 1. The zero-order valence-corrected chi connectivity index (χ0v) is 15.9. The maximum absolute atomic E-state index is 12.5. The minimum absolute atomic E-state index is 0.0651. The highest BCUT2D eigenvalue weighted by Crippen LogP contribution is 2.16. The van der Waals surface area contributed by atoms with Gasteiger partial charge in [-0.05, 0) is 6.07 Å². The second-order valence-corrected chi connectivity index (χ2v) is 6.70. The summed E-state index contributed by atoms with van der Waals surface area (Å²) in [6.45, 7) is -0.0651. The van der Waals surface area contributed by atoms with E-state index in [2.05, 4.69) is 9.97 Å². The molecule has 146 valence electrons. The van der Waals surface area contributed by atoms with Gasteiger partial charge < -0.3 is 4.57 Å². The molecule has 0 bridgehead atoms. The fourth-order valence-corrected chi connectivity index (χ4v) is 3.19. The highest BCUT2D eigenvalue weighted by Gasteiger charge is 2.17. The van der Waals surface area contributed by atoms with Crippen LogP contribution in [0.4, 0.5) is 5.69 Å². The molecule has 0 aliphatic carbocycles. The van der Waals surface area contributed by atoms with Gasteiger partial charge in [-0.3, -0.25) is 18.9 Å². The van der Waals surface area contributed by atoms with Gasteiger partial charge in [0.1, 0.15) is 6.54 Å². The van der Waals surface area contributed by atoms with Crippen molar-refractivity contribution in [2.45, 2.75) is 6.54 Å². The molecule has 3 aromatic heterocycles. The van der Waals surface area contributed by atoms with E-state index in [0.717, 1.165) is 15.8 Å². The summed E-state index contributed by atoms with van der Waals surface area (Å²) in [6.07, 6.45) is 3.03. The highest BCUT2D eigenvalue weighted by molar-refractivity contribution is 5.74. The van der Waals surface area contributed by atoms with E-state index in [-0.39, 0.29) is 23.6 Å². The maximum atomic E-state index is 12.5. The Hall–Kier alpha value is -3.85. The van der Waals surface area contributed by atoms with Gasteiger partial charge in [-0.25, -0.2) is 19.9 Å². The Kier molecular flexibility index (Phi) is 4.65. The van der Waals surface area contributed by atoms with Crippen LogP contribution in [0.15, 0.2) is 64.6 Å². The number of pyridine rings is 1. The molecule has 4 rings (SSSR count). The number of imidazole rings is 1. The zero-order valence-electron chi connectivity index (χ0n) is 15.9. The molecule has 3 heterocycles. The lowest BCUT2D eigenvalue weighted by atomic mass is 10.1. The summed E-state index contributed by atoms with van der Waals surface area (Å²) in [5.41, 5.74) is 2.00. The van der Waals surface area contributed by atoms with Crippen molar-refractivity contribution in [1.29, 1.82) is 0 Å². The normalized spacial score (nSPS) is 11.1. The second-order valence-electron chi connectivity index (χ2n) is 6.70. The number of quaternary nitrogens is 1. The Bertz CT molecular complexity index is 1320. The monoisotopic (exact) mass is 391 g/mol. The molecule has 29 heavy (non-hydrogen) atoms. The van der Waals surface area contributed by atoms with Crippen LogP contribution >= 0.6 is 0 Å². The first-order valence-electron chi connectivity index (χ1n) is 8.95. The van der Waals surface area contributed by atoms with E-state index in [1.165, 1.54) is 34.9 Å². The van der Waals surface area contributed by atoms with E-state index in [9.17, 15) is 14.4 Å². The third-order valence-corrected chi connectivity index (χ3v) is 4.73. The van der Waals surface area contributed by atoms with Crippen LogP contribution in [0.2, 0.25) is 0 Å². The summed E-state index contributed by atoms with van der Waals surface area (Å²) in [6, 6.07) is 13.4. The SMILES string of the molecule is Cn1c(=O)c2c(ncn2CC(=O)[NH2+]c2ccc(-c3ccccc3)nc2)n(C)c1=O. The van der Waals surface area contributed by atoms with Gasteiger partial charge in [-0.2, -0.15) is 0 Å². The van der Waals surface area contributed by atoms with Crippen LogP contribution in [-0.4, -0.2) is 29.6 Å². The summed E-state index contributed by atoms with van der Waals surface area (Å²) in [7, 11) is 2.94. The number of hydrogen-bond donors (Lipinski definition) is 1. The molecule has 0 unspecified atom stereocenters. The van der Waals surface area contributed by atoms with Crippen molar-refractivity contribution < 1.29 is 10.1 Å². The van der Waals surface area contributed by atoms with Gasteiger partial charge in [-0.1, -0.05) is 30.3 Å². The van der Waals surface area contributed by atoms with E-state index >= 15 is 0 Å². The molecule has 0 aliphatic rings. The number of amides is 1. The molecule has 1 amide bonds. The quantitative estimate of drug-likeness (QED) is 0.523. The van der Waals surface area contributed by atoms with Crippen LogP contribution in [0.3, 0.4) is 0 Å². The number of primary amides is 1. The predicted molar refractivity (Wildman–Crippen MR) is 106 cm³/mol. The van der Waals surface area contributed by atoms with Crippen molar-refractivity contribution in [3.63, 3.8) is 0 Å². The third-order valence-electron chi connectivity index (χ3n) is 4.73. The summed E-state index contributed by atoms with van der Waals surface area (Å²) in [5, 5.41) is 1.47. The smallest absolute Gasteiger partial charge is 0.311 e. The number of rotatable bonds is 4. The van der Waals surface area contributed by atoms with Gasteiger partial charge >= 0.3 is 11.6 Å². The van der Waals surface area contributed by atoms with Crippen LogP contribution in [0.5, 0.6) is 0 Å². The lowest BCUT2D eigenvalue weighted by molar-refractivity contribution is -0.484. The van der Waals surface area contributed by atoms with Crippen LogP contribution in [0.1, 0.15) is 0 Å². The van der Waals surface area contributed by atoms with Crippen molar-refractivity contribution in [2.24, 2.45) is 14.1 Å². The lowest BCUT2D eigenvalue weighted by Gasteiger charge is -2.05. The van der Waals surface area contributed by atoms with Crippen molar-refractivity contribution in [3.05, 3.63) is 75.8 Å². The number of carbonyl (C=O) groups is 1. The number of carbonyl (C=O) groups excluding carboxylic acids is 1. The first-order valence-corrected chi connectivity index (χ1v) is 8.95. The summed E-state index contributed by atoms with van der Waals surface area (Å²) >= 11 is 0. The topological polar surface area (TPSA) is 108 Å². The van der Waals surface area contributed by atoms with Crippen LogP contribution in [0.25, 0.3) is 22.4 Å². The molecule has 0 atom stereocenters. The second kappa shape index (κ2) is 7.28. The Balaban J connectivity index is 1.55. The zero-order chi connectivity index (χ0) is 20.5. The molecule has 9 nitrogen and oxygen atoms in total. The van der Waals surface area contributed by atoms with Gasteiger partial charge in [0.15, 0.2) is 16.9 Å². The van der Waals surface area contributed by atoms with E-state index in [1.54, 1.807) is 6.20 Å². The summed E-state index contributed by atoms with van der Waals surface area (Å²) in [5.74, 6) is -0.213. The number of aromatic nitrogens is 5. The minimum Gasteiger partial charge on any atom is -0.311 e. The Morgan fingerprint density at radius 1 is 1.00 bits per heavy atom. The van der Waals surface area contributed by atoms with E-state index in [1.807, 2.05) is 42.5 Å². The molecule has 0 saturated heterocycles. The van der Waals surface area contributed by atoms with Crippen molar-refractivity contribution >= 4 is 22.8 Å². The van der Waals surface area contributed by atoms with Crippen molar-refractivity contribution in [3.8, 4) is 11.3 Å².